The van der Waals surface area contributed by atoms with Crippen molar-refractivity contribution in [2.75, 3.05) is 29.9 Å². The Hall–Kier alpha value is -2.84. The quantitative estimate of drug-likeness (QED) is 0.374. The molecule has 2 aromatic rings. The van der Waals surface area contributed by atoms with E-state index in [2.05, 4.69) is 34.3 Å². The number of carbonyl (C=O) groups excluding carboxylic acids is 1. The number of aromatic nitrogens is 2. The van der Waals surface area contributed by atoms with Crippen LogP contribution in [0.3, 0.4) is 0 Å². The second kappa shape index (κ2) is 9.53. The normalized spacial score (nSPS) is 17.3. The Morgan fingerprint density at radius 1 is 1.35 bits per heavy atom. The van der Waals surface area contributed by atoms with Gasteiger partial charge in [0.05, 0.1) is 0 Å². The molecule has 1 N–H and O–H groups in total. The number of fused-ring (bicyclic) bond motifs is 1. The minimum absolute atomic E-state index is 0.282. The molecule has 1 aromatic carbocycles. The van der Waals surface area contributed by atoms with Crippen LogP contribution >= 0.6 is 0 Å². The molecular weight excluding hydrogens is 451 g/mol. The van der Waals surface area contributed by atoms with Gasteiger partial charge in [-0.15, -0.1) is 0 Å². The number of rotatable bonds is 7. The van der Waals surface area contributed by atoms with Crippen molar-refractivity contribution in [3.05, 3.63) is 47.5 Å². The Morgan fingerprint density at radius 2 is 2.19 bits per heavy atom. The third kappa shape index (κ3) is 4.45. The van der Waals surface area contributed by atoms with Crippen LogP contribution in [0.15, 0.2) is 36.3 Å². The molecule has 4 rings (SSSR count). The van der Waals surface area contributed by atoms with E-state index in [1.165, 1.54) is 0 Å². The van der Waals surface area contributed by atoms with Gasteiger partial charge >= 0.3 is 190 Å². The molecule has 3 heterocycles. The van der Waals surface area contributed by atoms with E-state index in [1.807, 2.05) is 36.2 Å². The van der Waals surface area contributed by atoms with Gasteiger partial charge in [0.2, 0.25) is 0 Å². The molecule has 1 amide bonds. The Balaban J connectivity index is 1.52. The summed E-state index contributed by atoms with van der Waals surface area (Å²) in [4.78, 5) is 25.2. The molecule has 0 bridgehead atoms. The van der Waals surface area contributed by atoms with Gasteiger partial charge in [-0.25, -0.2) is 0 Å². The topological polar surface area (TPSA) is 85.2 Å². The van der Waals surface area contributed by atoms with Crippen LogP contribution in [-0.4, -0.2) is 56.2 Å². The van der Waals surface area contributed by atoms with Gasteiger partial charge in [-0.05, 0) is 0 Å². The van der Waals surface area contributed by atoms with Gasteiger partial charge in [-0.3, -0.25) is 0 Å². The number of para-hydroxylation sites is 2. The number of aryl methyl sites for hydroxylation is 1. The Labute approximate surface area is 189 Å². The monoisotopic (exact) mass is 478 g/mol. The fourth-order valence-corrected chi connectivity index (χ4v) is 5.96. The molecular formula is C23H27AsN6O. The molecule has 0 saturated carbocycles. The first-order valence-electron chi connectivity index (χ1n) is 10.8. The van der Waals surface area contributed by atoms with E-state index >= 15 is 0 Å². The third-order valence-electron chi connectivity index (χ3n) is 5.65. The number of anilines is 2. The van der Waals surface area contributed by atoms with E-state index in [0.717, 1.165) is 65.1 Å². The van der Waals surface area contributed by atoms with Crippen LogP contribution in [0.5, 0.6) is 0 Å². The van der Waals surface area contributed by atoms with E-state index in [0.29, 0.717) is 17.7 Å². The summed E-state index contributed by atoms with van der Waals surface area (Å²) in [5, 5.41) is 14.5. The zero-order valence-electron chi connectivity index (χ0n) is 18.0. The summed E-state index contributed by atoms with van der Waals surface area (Å²) >= 11 is -0.522. The number of hydrogen-bond acceptors (Lipinski definition) is 6. The average Bonchev–Trinajstić information content (AvgIpc) is 3.36. The SMILES string of the molecule is CCN1/C(=C(\C#N)c2nc([AsH]CCCN3CCCC3=O)ncc2C)Nc2ccccc21. The van der Waals surface area contributed by atoms with Crippen LogP contribution in [0.2, 0.25) is 5.21 Å². The number of nitrogens with one attached hydrogen (secondary N) is 1. The molecule has 1 fully saturated rings. The molecule has 1 unspecified atom stereocenters. The number of nitrogens with zero attached hydrogens (tertiary/aromatic N) is 5. The fraction of sp³-hybridized carbons (Fsp3) is 0.391. The zero-order chi connectivity index (χ0) is 21.8. The number of hydrogen-bond donors (Lipinski definition) is 1. The molecule has 1 aromatic heterocycles. The van der Waals surface area contributed by atoms with Crippen molar-refractivity contribution < 1.29 is 4.79 Å². The van der Waals surface area contributed by atoms with E-state index in [4.69, 9.17) is 4.98 Å². The molecule has 2 aliphatic heterocycles. The molecule has 1 atom stereocenters. The van der Waals surface area contributed by atoms with Crippen molar-refractivity contribution in [3.63, 3.8) is 0 Å². The molecule has 1 saturated heterocycles. The van der Waals surface area contributed by atoms with Gasteiger partial charge in [0.25, 0.3) is 0 Å². The van der Waals surface area contributed by atoms with Crippen LogP contribution in [0, 0.1) is 18.3 Å². The van der Waals surface area contributed by atoms with Crippen LogP contribution in [-0.2, 0) is 4.79 Å². The first kappa shape index (κ1) is 21.4. The fourth-order valence-electron chi connectivity index (χ4n) is 4.07. The number of amides is 1. The summed E-state index contributed by atoms with van der Waals surface area (Å²) in [5.74, 6) is 1.07. The average molecular weight is 478 g/mol. The standard InChI is InChI=1S/C23H27AsN6O/c1-3-30-19-9-5-4-8-18(19)27-22(30)17(14-25)21-16(2)15-26-23(28-21)24-11-7-13-29-12-6-10-20(29)31/h4-5,8-9,15,24,27H,3,6-7,10-13H2,1-2H3/b22-17+. The third-order valence-corrected chi connectivity index (χ3v) is 8.09. The first-order valence-corrected chi connectivity index (χ1v) is 13.3. The summed E-state index contributed by atoms with van der Waals surface area (Å²) in [6, 6.07) is 10.5. The van der Waals surface area contributed by atoms with Crippen LogP contribution in [0.25, 0.3) is 5.57 Å². The summed E-state index contributed by atoms with van der Waals surface area (Å²) in [7, 11) is 0. The summed E-state index contributed by atoms with van der Waals surface area (Å²) in [6.45, 7) is 6.52. The van der Waals surface area contributed by atoms with E-state index in [1.54, 1.807) is 0 Å². The Bertz CT molecular complexity index is 1060. The maximum atomic E-state index is 11.8. The second-order valence-electron chi connectivity index (χ2n) is 7.71. The van der Waals surface area contributed by atoms with Crippen LogP contribution in [0.4, 0.5) is 11.4 Å². The van der Waals surface area contributed by atoms with Crippen molar-refractivity contribution in [2.24, 2.45) is 0 Å². The van der Waals surface area contributed by atoms with Crippen molar-refractivity contribution in [1.82, 2.24) is 14.9 Å². The number of likely N-dealkylation sites (tertiary alicyclic amines) is 1. The first-order chi connectivity index (χ1) is 15.1. The summed E-state index contributed by atoms with van der Waals surface area (Å²) in [6.07, 6.45) is 4.50. The predicted octanol–water partition coefficient (Wildman–Crippen LogP) is 2.42. The minimum atomic E-state index is -0.522. The predicted molar refractivity (Wildman–Crippen MR) is 124 cm³/mol. The molecule has 31 heavy (non-hydrogen) atoms. The molecule has 2 aliphatic rings. The molecule has 160 valence electrons. The summed E-state index contributed by atoms with van der Waals surface area (Å²) in [5.41, 5.74) is 4.23. The van der Waals surface area contributed by atoms with Crippen LogP contribution in [0.1, 0.15) is 37.4 Å². The van der Waals surface area contributed by atoms with Gasteiger partial charge in [0, 0.05) is 0 Å². The molecule has 0 aliphatic carbocycles. The number of benzene rings is 1. The number of carbonyl (C=O) groups is 1. The van der Waals surface area contributed by atoms with Crippen molar-refractivity contribution in [2.45, 2.75) is 38.3 Å². The number of allylic oxidation sites excluding steroid dienone is 1. The van der Waals surface area contributed by atoms with Gasteiger partial charge < -0.3 is 0 Å². The molecule has 7 nitrogen and oxygen atoms in total. The van der Waals surface area contributed by atoms with Gasteiger partial charge in [0.1, 0.15) is 0 Å². The van der Waals surface area contributed by atoms with E-state index < -0.39 is 15.8 Å². The molecule has 0 radical (unpaired) electrons. The second-order valence-corrected chi connectivity index (χ2v) is 10.4. The van der Waals surface area contributed by atoms with Crippen molar-refractivity contribution in [1.29, 1.82) is 5.26 Å². The Kier molecular flexibility index (Phi) is 6.58. The molecule has 0 spiro atoms. The summed E-state index contributed by atoms with van der Waals surface area (Å²) < 4.78 is 0.861. The van der Waals surface area contributed by atoms with Crippen molar-refractivity contribution in [3.8, 4) is 6.07 Å². The van der Waals surface area contributed by atoms with Gasteiger partial charge in [-0.2, -0.15) is 0 Å². The van der Waals surface area contributed by atoms with Gasteiger partial charge in [-0.1, -0.05) is 0 Å². The van der Waals surface area contributed by atoms with Crippen LogP contribution < -0.4 is 14.8 Å². The maximum absolute atomic E-state index is 11.8. The van der Waals surface area contributed by atoms with Crippen molar-refractivity contribution >= 4 is 43.2 Å². The van der Waals surface area contributed by atoms with E-state index in [9.17, 15) is 10.1 Å². The number of nitriles is 1. The zero-order valence-corrected chi connectivity index (χ0v) is 20.1. The Morgan fingerprint density at radius 3 is 2.94 bits per heavy atom. The molecule has 8 heteroatoms. The van der Waals surface area contributed by atoms with Gasteiger partial charge in [0.15, 0.2) is 0 Å². The van der Waals surface area contributed by atoms with E-state index in [-0.39, 0.29) is 5.91 Å².